The minimum Gasteiger partial charge on any atom is -0.491 e. The minimum absolute atomic E-state index is 0.305. The molecule has 2 rings (SSSR count). The van der Waals surface area contributed by atoms with Crippen LogP contribution in [0.1, 0.15) is 19.3 Å². The number of halogens is 1. The third-order valence-corrected chi connectivity index (χ3v) is 4.46. The van der Waals surface area contributed by atoms with E-state index in [0.29, 0.717) is 18.6 Å². The van der Waals surface area contributed by atoms with Gasteiger partial charge in [0.05, 0.1) is 0 Å². The molecule has 0 radical (unpaired) electrons. The largest absolute Gasteiger partial charge is 0.491 e. The second kappa shape index (κ2) is 8.13. The normalized spacial score (nSPS) is 17.5. The molecule has 0 aromatic heterocycles. The number of aliphatic hydroxyl groups excluding tert-OH is 1. The Hall–Kier alpha value is -0.620. The standard InChI is InChI=1S/C16H24BrNO3/c1-20-9-8-16(6-7-16)12-18-10-14(19)11-21-15-4-2-13(17)3-5-15/h2-5,14,18-19H,6-12H2,1H3. The van der Waals surface area contributed by atoms with E-state index in [-0.39, 0.29) is 0 Å². The van der Waals surface area contributed by atoms with Gasteiger partial charge < -0.3 is 19.9 Å². The highest BCUT2D eigenvalue weighted by atomic mass is 79.9. The lowest BCUT2D eigenvalue weighted by Crippen LogP contribution is -2.35. The zero-order valence-corrected chi connectivity index (χ0v) is 14.1. The zero-order chi connectivity index (χ0) is 15.1. The van der Waals surface area contributed by atoms with Crippen molar-refractivity contribution in [1.82, 2.24) is 5.32 Å². The van der Waals surface area contributed by atoms with E-state index in [4.69, 9.17) is 9.47 Å². The Morgan fingerprint density at radius 2 is 2.05 bits per heavy atom. The molecule has 1 atom stereocenters. The summed E-state index contributed by atoms with van der Waals surface area (Å²) in [5, 5.41) is 13.3. The van der Waals surface area contributed by atoms with Gasteiger partial charge in [-0.25, -0.2) is 0 Å². The van der Waals surface area contributed by atoms with Crippen LogP contribution < -0.4 is 10.1 Å². The van der Waals surface area contributed by atoms with Crippen molar-refractivity contribution in [1.29, 1.82) is 0 Å². The molecule has 1 unspecified atom stereocenters. The first kappa shape index (κ1) is 16.7. The van der Waals surface area contributed by atoms with Crippen LogP contribution >= 0.6 is 15.9 Å². The first-order chi connectivity index (χ1) is 10.1. The van der Waals surface area contributed by atoms with Crippen molar-refractivity contribution in [2.45, 2.75) is 25.4 Å². The average molecular weight is 358 g/mol. The van der Waals surface area contributed by atoms with Crippen LogP contribution in [0, 0.1) is 5.41 Å². The summed E-state index contributed by atoms with van der Waals surface area (Å²) < 4.78 is 11.7. The number of rotatable bonds is 10. The molecule has 0 saturated heterocycles. The van der Waals surface area contributed by atoms with E-state index in [2.05, 4.69) is 21.2 Å². The molecular weight excluding hydrogens is 334 g/mol. The van der Waals surface area contributed by atoms with Crippen molar-refractivity contribution in [2.24, 2.45) is 5.41 Å². The van der Waals surface area contributed by atoms with Crippen LogP contribution in [-0.2, 0) is 4.74 Å². The van der Waals surface area contributed by atoms with E-state index in [1.54, 1.807) is 7.11 Å². The van der Waals surface area contributed by atoms with Gasteiger partial charge in [-0.15, -0.1) is 0 Å². The van der Waals surface area contributed by atoms with Crippen LogP contribution in [0.4, 0.5) is 0 Å². The zero-order valence-electron chi connectivity index (χ0n) is 12.5. The molecule has 1 aromatic carbocycles. The van der Waals surface area contributed by atoms with E-state index in [1.807, 2.05) is 24.3 Å². The molecule has 0 aliphatic heterocycles. The lowest BCUT2D eigenvalue weighted by Gasteiger charge is -2.18. The minimum atomic E-state index is -0.494. The molecule has 1 aromatic rings. The Morgan fingerprint density at radius 3 is 2.67 bits per heavy atom. The van der Waals surface area contributed by atoms with Gasteiger partial charge in [0.25, 0.3) is 0 Å². The van der Waals surface area contributed by atoms with Gasteiger partial charge in [-0.3, -0.25) is 0 Å². The summed E-state index contributed by atoms with van der Waals surface area (Å²) in [6.45, 7) is 2.63. The summed E-state index contributed by atoms with van der Waals surface area (Å²) in [6.07, 6.45) is 3.12. The lowest BCUT2D eigenvalue weighted by molar-refractivity contribution is 0.104. The molecule has 1 fully saturated rings. The van der Waals surface area contributed by atoms with Crippen LogP contribution in [0.15, 0.2) is 28.7 Å². The molecule has 4 nitrogen and oxygen atoms in total. The number of benzene rings is 1. The molecule has 118 valence electrons. The third-order valence-electron chi connectivity index (χ3n) is 3.93. The quantitative estimate of drug-likeness (QED) is 0.675. The maximum absolute atomic E-state index is 9.94. The molecule has 0 bridgehead atoms. The highest BCUT2D eigenvalue weighted by Crippen LogP contribution is 2.48. The van der Waals surface area contributed by atoms with Crippen LogP contribution in [0.3, 0.4) is 0 Å². The average Bonchev–Trinajstić information content (AvgIpc) is 3.25. The van der Waals surface area contributed by atoms with Crippen molar-refractivity contribution >= 4 is 15.9 Å². The monoisotopic (exact) mass is 357 g/mol. The van der Waals surface area contributed by atoms with E-state index in [9.17, 15) is 5.11 Å². The summed E-state index contributed by atoms with van der Waals surface area (Å²) >= 11 is 3.38. The Labute approximate surface area is 135 Å². The first-order valence-electron chi connectivity index (χ1n) is 7.40. The summed E-state index contributed by atoms with van der Waals surface area (Å²) in [7, 11) is 1.74. The molecule has 0 amide bonds. The second-order valence-corrected chi connectivity index (χ2v) is 6.71. The van der Waals surface area contributed by atoms with Gasteiger partial charge in [0.15, 0.2) is 0 Å². The van der Waals surface area contributed by atoms with Gasteiger partial charge >= 0.3 is 0 Å². The maximum Gasteiger partial charge on any atom is 0.119 e. The number of aliphatic hydroxyl groups is 1. The maximum atomic E-state index is 9.94. The van der Waals surface area contributed by atoms with Gasteiger partial charge in [-0.1, -0.05) is 15.9 Å². The Bertz CT molecular complexity index is 420. The SMILES string of the molecule is COCCC1(CNCC(O)COc2ccc(Br)cc2)CC1. The fourth-order valence-electron chi connectivity index (χ4n) is 2.30. The predicted molar refractivity (Wildman–Crippen MR) is 86.7 cm³/mol. The Morgan fingerprint density at radius 1 is 1.33 bits per heavy atom. The smallest absolute Gasteiger partial charge is 0.119 e. The summed E-state index contributed by atoms with van der Waals surface area (Å²) in [4.78, 5) is 0. The topological polar surface area (TPSA) is 50.7 Å². The van der Waals surface area contributed by atoms with E-state index >= 15 is 0 Å². The predicted octanol–water partition coefficient (Wildman–Crippen LogP) is 2.60. The molecule has 1 aliphatic carbocycles. The van der Waals surface area contributed by atoms with Crippen molar-refractivity contribution in [3.8, 4) is 5.75 Å². The number of hydrogen-bond donors (Lipinski definition) is 2. The van der Waals surface area contributed by atoms with Crippen molar-refractivity contribution < 1.29 is 14.6 Å². The van der Waals surface area contributed by atoms with Crippen molar-refractivity contribution in [2.75, 3.05) is 33.4 Å². The summed E-state index contributed by atoms with van der Waals surface area (Å²) in [6, 6.07) is 7.61. The molecular formula is C16H24BrNO3. The van der Waals surface area contributed by atoms with Gasteiger partial charge in [0, 0.05) is 31.3 Å². The molecule has 21 heavy (non-hydrogen) atoms. The van der Waals surface area contributed by atoms with Crippen molar-refractivity contribution in [3.63, 3.8) is 0 Å². The van der Waals surface area contributed by atoms with Gasteiger partial charge in [-0.2, -0.15) is 0 Å². The van der Waals surface area contributed by atoms with Crippen LogP contribution in [0.5, 0.6) is 5.75 Å². The van der Waals surface area contributed by atoms with Crippen LogP contribution in [-0.4, -0.2) is 44.6 Å². The third kappa shape index (κ3) is 5.94. The number of nitrogens with one attached hydrogen (secondary N) is 1. The molecule has 0 spiro atoms. The number of hydrogen-bond acceptors (Lipinski definition) is 4. The number of ether oxygens (including phenoxy) is 2. The molecule has 0 heterocycles. The van der Waals surface area contributed by atoms with E-state index < -0.39 is 6.10 Å². The van der Waals surface area contributed by atoms with Crippen LogP contribution in [0.25, 0.3) is 0 Å². The van der Waals surface area contributed by atoms with Gasteiger partial charge in [0.1, 0.15) is 18.5 Å². The fourth-order valence-corrected chi connectivity index (χ4v) is 2.56. The molecule has 2 N–H and O–H groups in total. The second-order valence-electron chi connectivity index (χ2n) is 5.79. The molecule has 1 aliphatic rings. The molecule has 1 saturated carbocycles. The van der Waals surface area contributed by atoms with Crippen LogP contribution in [0.2, 0.25) is 0 Å². The van der Waals surface area contributed by atoms with Crippen molar-refractivity contribution in [3.05, 3.63) is 28.7 Å². The summed E-state index contributed by atoms with van der Waals surface area (Å²) in [5.41, 5.74) is 0.405. The van der Waals surface area contributed by atoms with E-state index in [1.165, 1.54) is 12.8 Å². The molecule has 5 heteroatoms. The van der Waals surface area contributed by atoms with E-state index in [0.717, 1.165) is 29.8 Å². The Kier molecular flexibility index (Phi) is 6.48. The first-order valence-corrected chi connectivity index (χ1v) is 8.19. The van der Waals surface area contributed by atoms with Gasteiger partial charge in [0.2, 0.25) is 0 Å². The highest BCUT2D eigenvalue weighted by molar-refractivity contribution is 9.10. The summed E-state index contributed by atoms with van der Waals surface area (Å²) in [5.74, 6) is 0.774. The highest BCUT2D eigenvalue weighted by Gasteiger charge is 2.41. The fraction of sp³-hybridized carbons (Fsp3) is 0.625. The number of methoxy groups -OCH3 is 1. The van der Waals surface area contributed by atoms with Gasteiger partial charge in [-0.05, 0) is 48.9 Å². The Balaban J connectivity index is 1.59. The lowest BCUT2D eigenvalue weighted by atomic mass is 10.0.